The number of methoxy groups -OCH3 is 1. The number of hydrogen-bond acceptors (Lipinski definition) is 5. The molecule has 4 heterocycles. The van der Waals surface area contributed by atoms with Crippen LogP contribution in [-0.4, -0.2) is 47.0 Å². The molecule has 0 bridgehead atoms. The molecule has 2 aliphatic rings. The molecule has 8 nitrogen and oxygen atoms in total. The van der Waals surface area contributed by atoms with Crippen molar-refractivity contribution in [2.75, 3.05) is 30.5 Å². The van der Waals surface area contributed by atoms with Crippen LogP contribution >= 0.6 is 23.8 Å². The Hall–Kier alpha value is -2.98. The minimum atomic E-state index is -0.273. The predicted molar refractivity (Wildman–Crippen MR) is 143 cm³/mol. The van der Waals surface area contributed by atoms with Gasteiger partial charge in [-0.25, -0.2) is 0 Å². The third-order valence-corrected chi connectivity index (χ3v) is 7.10. The fraction of sp³-hybridized carbons (Fsp3) is 0.346. The van der Waals surface area contributed by atoms with Crippen LogP contribution in [0.3, 0.4) is 0 Å². The Balaban J connectivity index is 1.51. The lowest BCUT2D eigenvalue weighted by molar-refractivity contribution is -0.119. The van der Waals surface area contributed by atoms with Crippen LogP contribution < -0.4 is 15.5 Å². The van der Waals surface area contributed by atoms with Gasteiger partial charge in [-0.15, -0.1) is 0 Å². The van der Waals surface area contributed by atoms with Gasteiger partial charge in [-0.1, -0.05) is 17.7 Å². The largest absolute Gasteiger partial charge is 0.376 e. The first-order chi connectivity index (χ1) is 17.5. The van der Waals surface area contributed by atoms with Crippen molar-refractivity contribution in [2.24, 2.45) is 0 Å². The number of anilines is 2. The zero-order valence-corrected chi connectivity index (χ0v) is 21.5. The fourth-order valence-electron chi connectivity index (χ4n) is 4.88. The number of pyridine rings is 1. The second kappa shape index (κ2) is 11.0. The molecule has 0 spiro atoms. The molecule has 2 aromatic heterocycles. The number of nitrogens with one attached hydrogen (secondary N) is 2. The van der Waals surface area contributed by atoms with Crippen molar-refractivity contribution in [1.82, 2.24) is 14.9 Å². The normalized spacial score (nSPS) is 21.6. The van der Waals surface area contributed by atoms with E-state index in [1.807, 2.05) is 30.3 Å². The highest BCUT2D eigenvalue weighted by Crippen LogP contribution is 2.43. The van der Waals surface area contributed by atoms with Crippen molar-refractivity contribution < 1.29 is 14.3 Å². The maximum atomic E-state index is 12.0. The number of halogens is 1. The number of ether oxygens (including phenoxy) is 2. The van der Waals surface area contributed by atoms with Crippen molar-refractivity contribution in [3.8, 4) is 0 Å². The molecule has 2 aliphatic heterocycles. The van der Waals surface area contributed by atoms with Gasteiger partial charge >= 0.3 is 0 Å². The summed E-state index contributed by atoms with van der Waals surface area (Å²) in [7, 11) is 1.47. The Morgan fingerprint density at radius 2 is 2.19 bits per heavy atom. The number of rotatable bonds is 8. The summed E-state index contributed by atoms with van der Waals surface area (Å²) >= 11 is 12.4. The molecule has 0 saturated carbocycles. The van der Waals surface area contributed by atoms with Crippen molar-refractivity contribution >= 4 is 46.2 Å². The number of hydrogen-bond donors (Lipinski definition) is 2. The molecular weight excluding hydrogens is 498 g/mol. The van der Waals surface area contributed by atoms with Crippen molar-refractivity contribution in [3.05, 3.63) is 77.3 Å². The molecule has 3 aromatic rings. The van der Waals surface area contributed by atoms with Gasteiger partial charge < -0.3 is 29.6 Å². The zero-order valence-electron chi connectivity index (χ0n) is 19.9. The van der Waals surface area contributed by atoms with Gasteiger partial charge in [-0.2, -0.15) is 0 Å². The number of benzene rings is 1. The molecule has 0 unspecified atom stereocenters. The third-order valence-electron chi connectivity index (χ3n) is 6.47. The average Bonchev–Trinajstić information content (AvgIpc) is 3.62. The van der Waals surface area contributed by atoms with Crippen LogP contribution in [0, 0.1) is 0 Å². The third kappa shape index (κ3) is 5.10. The van der Waals surface area contributed by atoms with E-state index in [1.54, 1.807) is 12.3 Å². The number of thiocarbonyl (C=S) groups is 1. The van der Waals surface area contributed by atoms with Crippen LogP contribution in [-0.2, 0) is 20.8 Å². The van der Waals surface area contributed by atoms with Crippen molar-refractivity contribution in [3.63, 3.8) is 0 Å². The van der Waals surface area contributed by atoms with Gasteiger partial charge in [-0.05, 0) is 67.5 Å². The Labute approximate surface area is 220 Å². The number of aromatic nitrogens is 2. The van der Waals surface area contributed by atoms with Crippen molar-refractivity contribution in [2.45, 2.75) is 37.6 Å². The van der Waals surface area contributed by atoms with E-state index < -0.39 is 0 Å². The van der Waals surface area contributed by atoms with Gasteiger partial charge in [0.05, 0.1) is 28.5 Å². The molecule has 1 amide bonds. The molecular formula is C26H28ClN5O3S. The SMILES string of the molecule is COCC(=O)Nc1ccc(N2C(=S)N[C@H](c3ccccn3)[C@H]2c2cccn2C[C@H]2CCCO2)cc1Cl. The molecule has 2 saturated heterocycles. The van der Waals surface area contributed by atoms with Crippen LogP contribution in [0.15, 0.2) is 60.9 Å². The Bertz CT molecular complexity index is 1230. The zero-order chi connectivity index (χ0) is 25.1. The van der Waals surface area contributed by atoms with E-state index in [2.05, 4.69) is 43.4 Å². The monoisotopic (exact) mass is 525 g/mol. The van der Waals surface area contributed by atoms with Gasteiger partial charge in [0.2, 0.25) is 5.91 Å². The highest BCUT2D eigenvalue weighted by molar-refractivity contribution is 7.80. The first kappa shape index (κ1) is 24.7. The predicted octanol–water partition coefficient (Wildman–Crippen LogP) is 4.48. The smallest absolute Gasteiger partial charge is 0.250 e. The average molecular weight is 526 g/mol. The van der Waals surface area contributed by atoms with Crippen LogP contribution in [0.5, 0.6) is 0 Å². The Morgan fingerprint density at radius 3 is 2.92 bits per heavy atom. The van der Waals surface area contributed by atoms with E-state index in [4.69, 9.17) is 33.3 Å². The summed E-state index contributed by atoms with van der Waals surface area (Å²) in [6.45, 7) is 1.54. The van der Waals surface area contributed by atoms with E-state index in [0.717, 1.165) is 43.1 Å². The first-order valence-corrected chi connectivity index (χ1v) is 12.7. The van der Waals surface area contributed by atoms with E-state index in [0.29, 0.717) is 15.8 Å². The highest BCUT2D eigenvalue weighted by Gasteiger charge is 2.42. The fourth-order valence-corrected chi connectivity index (χ4v) is 5.44. The first-order valence-electron chi connectivity index (χ1n) is 11.9. The molecule has 5 rings (SSSR count). The minimum Gasteiger partial charge on any atom is -0.376 e. The van der Waals surface area contributed by atoms with Crippen LogP contribution in [0.4, 0.5) is 11.4 Å². The molecule has 3 atom stereocenters. The summed E-state index contributed by atoms with van der Waals surface area (Å²) in [5.74, 6) is -0.273. The number of amides is 1. The summed E-state index contributed by atoms with van der Waals surface area (Å²) in [5, 5.41) is 7.24. The van der Waals surface area contributed by atoms with E-state index in [9.17, 15) is 4.79 Å². The molecule has 188 valence electrons. The Kier molecular flexibility index (Phi) is 7.52. The van der Waals surface area contributed by atoms with Crippen molar-refractivity contribution in [1.29, 1.82) is 0 Å². The molecule has 10 heteroatoms. The van der Waals surface area contributed by atoms with Gasteiger partial charge in [0, 0.05) is 44.0 Å². The van der Waals surface area contributed by atoms with Gasteiger partial charge in [-0.3, -0.25) is 9.78 Å². The highest BCUT2D eigenvalue weighted by atomic mass is 35.5. The molecule has 1 aromatic carbocycles. The summed E-state index contributed by atoms with van der Waals surface area (Å²) in [5.41, 5.74) is 3.32. The molecule has 2 fully saturated rings. The van der Waals surface area contributed by atoms with Gasteiger partial charge in [0.25, 0.3) is 0 Å². The lowest BCUT2D eigenvalue weighted by Crippen LogP contribution is -2.31. The summed E-state index contributed by atoms with van der Waals surface area (Å²) < 4.78 is 13.1. The maximum Gasteiger partial charge on any atom is 0.250 e. The summed E-state index contributed by atoms with van der Waals surface area (Å²) in [6, 6.07) is 15.2. The van der Waals surface area contributed by atoms with E-state index in [-0.39, 0.29) is 30.7 Å². The van der Waals surface area contributed by atoms with Gasteiger partial charge in [0.15, 0.2) is 5.11 Å². The van der Waals surface area contributed by atoms with Crippen LogP contribution in [0.1, 0.15) is 36.3 Å². The Morgan fingerprint density at radius 1 is 1.31 bits per heavy atom. The molecule has 36 heavy (non-hydrogen) atoms. The molecule has 2 N–H and O–H groups in total. The maximum absolute atomic E-state index is 12.0. The van der Waals surface area contributed by atoms with E-state index in [1.165, 1.54) is 7.11 Å². The molecule has 0 aliphatic carbocycles. The number of carbonyl (C=O) groups excluding carboxylic acids is 1. The standard InChI is InChI=1S/C26H28ClN5O3S/c1-34-16-23(33)29-20-10-9-17(14-19(20)27)32-25(24(30-26(32)36)21-7-2-3-11-28-21)22-8-4-12-31(22)15-18-6-5-13-35-18/h2-4,7-12,14,18,24-25H,5-6,13,15-16H2,1H3,(H,29,33)(H,30,36)/t18-,24-,25-/m1/s1. The van der Waals surface area contributed by atoms with Crippen LogP contribution in [0.2, 0.25) is 5.02 Å². The lowest BCUT2D eigenvalue weighted by Gasteiger charge is -2.29. The number of carbonyl (C=O) groups is 1. The summed E-state index contributed by atoms with van der Waals surface area (Å²) in [6.07, 6.45) is 6.22. The topological polar surface area (TPSA) is 80.7 Å². The number of nitrogens with zero attached hydrogens (tertiary/aromatic N) is 3. The molecule has 0 radical (unpaired) electrons. The summed E-state index contributed by atoms with van der Waals surface area (Å²) in [4.78, 5) is 18.7. The lowest BCUT2D eigenvalue weighted by atomic mass is 10.0. The van der Waals surface area contributed by atoms with Gasteiger partial charge in [0.1, 0.15) is 12.6 Å². The second-order valence-electron chi connectivity index (χ2n) is 8.86. The second-order valence-corrected chi connectivity index (χ2v) is 9.66. The quantitative estimate of drug-likeness (QED) is 0.420. The van der Waals surface area contributed by atoms with E-state index >= 15 is 0 Å². The van der Waals surface area contributed by atoms with Crippen LogP contribution in [0.25, 0.3) is 0 Å². The minimum absolute atomic E-state index is 0.0479.